The summed E-state index contributed by atoms with van der Waals surface area (Å²) < 4.78 is 5.84. The van der Waals surface area contributed by atoms with Crippen LogP contribution in [0.25, 0.3) is 0 Å². The van der Waals surface area contributed by atoms with Crippen molar-refractivity contribution < 1.29 is 9.53 Å². The molecular formula is C15H17N5O2S. The van der Waals surface area contributed by atoms with Crippen molar-refractivity contribution in [3.05, 3.63) is 35.2 Å². The monoisotopic (exact) mass is 331 g/mol. The van der Waals surface area contributed by atoms with Crippen LogP contribution in [0.2, 0.25) is 0 Å². The molecule has 2 aromatic rings. The molecule has 23 heavy (non-hydrogen) atoms. The minimum absolute atomic E-state index is 0.0332. The lowest BCUT2D eigenvalue weighted by Crippen LogP contribution is -2.32. The molecule has 1 N–H and O–H groups in total. The molecule has 2 saturated heterocycles. The number of amides is 1. The van der Waals surface area contributed by atoms with E-state index >= 15 is 0 Å². The number of aromatic nitrogens is 3. The van der Waals surface area contributed by atoms with Crippen molar-refractivity contribution in [1.82, 2.24) is 19.9 Å². The van der Waals surface area contributed by atoms with Gasteiger partial charge in [-0.25, -0.2) is 9.97 Å². The van der Waals surface area contributed by atoms with Gasteiger partial charge in [0.1, 0.15) is 5.01 Å². The van der Waals surface area contributed by atoms with Crippen LogP contribution in [0.3, 0.4) is 0 Å². The first kappa shape index (κ1) is 14.7. The van der Waals surface area contributed by atoms with Crippen molar-refractivity contribution in [2.24, 2.45) is 11.8 Å². The summed E-state index contributed by atoms with van der Waals surface area (Å²) in [6.07, 6.45) is 6.65. The number of ether oxygens (including phenoxy) is 1. The summed E-state index contributed by atoms with van der Waals surface area (Å²) in [6.45, 7) is 3.03. The molecule has 2 fully saturated rings. The number of hydrogen-bond acceptors (Lipinski definition) is 7. The van der Waals surface area contributed by atoms with Gasteiger partial charge in [0, 0.05) is 43.0 Å². The lowest BCUT2D eigenvalue weighted by molar-refractivity contribution is -0.120. The van der Waals surface area contributed by atoms with Crippen LogP contribution in [-0.2, 0) is 16.1 Å². The van der Waals surface area contributed by atoms with Gasteiger partial charge in [-0.15, -0.1) is 11.3 Å². The largest absolute Gasteiger partial charge is 0.376 e. The van der Waals surface area contributed by atoms with Crippen molar-refractivity contribution >= 4 is 23.1 Å². The summed E-state index contributed by atoms with van der Waals surface area (Å²) in [6, 6.07) is 0. The van der Waals surface area contributed by atoms with Gasteiger partial charge in [0.15, 0.2) is 5.82 Å². The molecule has 120 valence electrons. The molecule has 7 nitrogen and oxygen atoms in total. The van der Waals surface area contributed by atoms with E-state index in [-0.39, 0.29) is 23.8 Å². The fourth-order valence-electron chi connectivity index (χ4n) is 3.30. The lowest BCUT2D eigenvalue weighted by Gasteiger charge is -2.18. The van der Waals surface area contributed by atoms with Crippen molar-refractivity contribution in [3.8, 4) is 0 Å². The van der Waals surface area contributed by atoms with Crippen molar-refractivity contribution in [1.29, 1.82) is 0 Å². The molecule has 4 rings (SSSR count). The molecule has 0 aliphatic carbocycles. The smallest absolute Gasteiger partial charge is 0.231 e. The Hall–Kier alpha value is -1.90. The first-order valence-corrected chi connectivity index (χ1v) is 8.47. The minimum Gasteiger partial charge on any atom is -0.376 e. The minimum atomic E-state index is -0.136. The van der Waals surface area contributed by atoms with Crippen LogP contribution < -0.4 is 5.32 Å². The van der Waals surface area contributed by atoms with Gasteiger partial charge in [-0.2, -0.15) is 0 Å². The van der Waals surface area contributed by atoms with Crippen LogP contribution in [0.5, 0.6) is 0 Å². The predicted octanol–water partition coefficient (Wildman–Crippen LogP) is 1.02. The molecule has 2 aliphatic rings. The normalized spacial score (nSPS) is 27.0. The zero-order valence-corrected chi connectivity index (χ0v) is 13.3. The standard InChI is InChI=1S/C15H17N5O2S/c21-15(19-13-5-16-1-2-17-13)11-9-22-12-7-20(6-10(11)12)8-14-18-3-4-23-14/h1-5,10-12H,6-9H2,(H,17,19,21)/t10-,11+,12-/m0/s1. The van der Waals surface area contributed by atoms with Gasteiger partial charge in [0.25, 0.3) is 0 Å². The summed E-state index contributed by atoms with van der Waals surface area (Å²) in [5, 5.41) is 5.92. The Bertz CT molecular complexity index is 666. The first-order chi connectivity index (χ1) is 11.3. The average Bonchev–Trinajstić information content (AvgIpc) is 3.25. The molecule has 8 heteroatoms. The molecular weight excluding hydrogens is 314 g/mol. The zero-order valence-electron chi connectivity index (χ0n) is 12.5. The molecule has 0 bridgehead atoms. The third-order valence-electron chi connectivity index (χ3n) is 4.38. The maximum atomic E-state index is 12.5. The van der Waals surface area contributed by atoms with Crippen LogP contribution in [0, 0.1) is 11.8 Å². The molecule has 0 spiro atoms. The maximum absolute atomic E-state index is 12.5. The van der Waals surface area contributed by atoms with E-state index in [0.29, 0.717) is 12.4 Å². The molecule has 4 heterocycles. The highest BCUT2D eigenvalue weighted by molar-refractivity contribution is 7.09. The summed E-state index contributed by atoms with van der Waals surface area (Å²) >= 11 is 1.66. The van der Waals surface area contributed by atoms with E-state index < -0.39 is 0 Å². The number of likely N-dealkylation sites (tertiary alicyclic amines) is 1. The van der Waals surface area contributed by atoms with Gasteiger partial charge < -0.3 is 10.1 Å². The fourth-order valence-corrected chi connectivity index (χ4v) is 3.96. The van der Waals surface area contributed by atoms with Gasteiger partial charge in [-0.1, -0.05) is 0 Å². The van der Waals surface area contributed by atoms with Gasteiger partial charge in [-0.3, -0.25) is 14.7 Å². The topological polar surface area (TPSA) is 80.2 Å². The maximum Gasteiger partial charge on any atom is 0.231 e. The second-order valence-corrected chi connectivity index (χ2v) is 6.82. The molecule has 3 atom stereocenters. The van der Waals surface area contributed by atoms with Crippen LogP contribution >= 0.6 is 11.3 Å². The second kappa shape index (κ2) is 6.31. The van der Waals surface area contributed by atoms with E-state index in [9.17, 15) is 4.79 Å². The molecule has 0 aromatic carbocycles. The fraction of sp³-hybridized carbons (Fsp3) is 0.467. The number of carbonyl (C=O) groups excluding carboxylic acids is 1. The lowest BCUT2D eigenvalue weighted by atomic mass is 9.92. The van der Waals surface area contributed by atoms with Crippen LogP contribution in [0.1, 0.15) is 5.01 Å². The van der Waals surface area contributed by atoms with Crippen molar-refractivity contribution in [2.45, 2.75) is 12.6 Å². The highest BCUT2D eigenvalue weighted by atomic mass is 32.1. The molecule has 2 aromatic heterocycles. The SMILES string of the molecule is O=C(Nc1cnccn1)[C@@H]1CO[C@H]2CN(Cc3nccs3)C[C@H]21. The Kier molecular flexibility index (Phi) is 4.02. The van der Waals surface area contributed by atoms with E-state index in [4.69, 9.17) is 4.74 Å². The van der Waals surface area contributed by atoms with E-state index in [1.165, 1.54) is 0 Å². The Labute approximate surface area is 137 Å². The first-order valence-electron chi connectivity index (χ1n) is 7.59. The summed E-state index contributed by atoms with van der Waals surface area (Å²) in [7, 11) is 0. The number of carbonyl (C=O) groups is 1. The van der Waals surface area contributed by atoms with Gasteiger partial charge in [0.2, 0.25) is 5.91 Å². The quantitative estimate of drug-likeness (QED) is 0.901. The molecule has 1 amide bonds. The zero-order chi connectivity index (χ0) is 15.6. The number of fused-ring (bicyclic) bond motifs is 1. The third kappa shape index (κ3) is 3.10. The van der Waals surface area contributed by atoms with Crippen LogP contribution in [0.4, 0.5) is 5.82 Å². The second-order valence-electron chi connectivity index (χ2n) is 5.84. The molecule has 0 radical (unpaired) electrons. The number of anilines is 1. The number of nitrogens with zero attached hydrogens (tertiary/aromatic N) is 4. The van der Waals surface area contributed by atoms with Crippen LogP contribution in [-0.4, -0.2) is 51.6 Å². The van der Waals surface area contributed by atoms with Gasteiger partial charge in [-0.05, 0) is 0 Å². The predicted molar refractivity (Wildman–Crippen MR) is 84.8 cm³/mol. The van der Waals surface area contributed by atoms with Gasteiger partial charge >= 0.3 is 0 Å². The van der Waals surface area contributed by atoms with Crippen molar-refractivity contribution in [2.75, 3.05) is 25.0 Å². The molecule has 0 unspecified atom stereocenters. The summed E-state index contributed by atoms with van der Waals surface area (Å²) in [4.78, 5) is 27.2. The Morgan fingerprint density at radius 3 is 3.09 bits per heavy atom. The Morgan fingerprint density at radius 2 is 2.30 bits per heavy atom. The van der Waals surface area contributed by atoms with E-state index in [2.05, 4.69) is 25.2 Å². The van der Waals surface area contributed by atoms with Crippen molar-refractivity contribution in [3.63, 3.8) is 0 Å². The molecule has 2 aliphatic heterocycles. The number of nitrogens with one attached hydrogen (secondary N) is 1. The highest BCUT2D eigenvalue weighted by Crippen LogP contribution is 2.35. The molecule has 0 saturated carbocycles. The summed E-state index contributed by atoms with van der Waals surface area (Å²) in [5.41, 5.74) is 0. The third-order valence-corrected chi connectivity index (χ3v) is 5.15. The number of thiazole rings is 1. The van der Waals surface area contributed by atoms with Gasteiger partial charge in [0.05, 0.1) is 31.4 Å². The average molecular weight is 331 g/mol. The van der Waals surface area contributed by atoms with E-state index in [0.717, 1.165) is 24.6 Å². The van der Waals surface area contributed by atoms with Crippen LogP contribution in [0.15, 0.2) is 30.2 Å². The van der Waals surface area contributed by atoms with E-state index in [1.807, 2.05) is 11.6 Å². The summed E-state index contributed by atoms with van der Waals surface area (Å²) in [5.74, 6) is 0.544. The Morgan fingerprint density at radius 1 is 1.35 bits per heavy atom. The van der Waals surface area contributed by atoms with E-state index in [1.54, 1.807) is 29.9 Å². The number of rotatable bonds is 4. The Balaban J connectivity index is 1.38. The number of hydrogen-bond donors (Lipinski definition) is 1. The highest BCUT2D eigenvalue weighted by Gasteiger charge is 2.46.